The molecule has 0 radical (unpaired) electrons. The number of unbranched alkanes of at least 4 members (excludes halogenated alkanes) is 4. The van der Waals surface area contributed by atoms with Gasteiger partial charge in [0.15, 0.2) is 0 Å². The van der Waals surface area contributed by atoms with Gasteiger partial charge in [0.1, 0.15) is 5.75 Å². The smallest absolute Gasteiger partial charge is 0.224 e. The fraction of sp³-hybridized carbons (Fsp3) is 0.581. The number of rotatable bonds is 19. The van der Waals surface area contributed by atoms with Crippen LogP contribution in [0, 0.1) is 0 Å². The molecule has 2 aromatic rings. The number of ether oxygens (including phenoxy) is 2. The summed E-state index contributed by atoms with van der Waals surface area (Å²) < 4.78 is 12.0. The van der Waals surface area contributed by atoms with E-state index in [4.69, 9.17) is 9.47 Å². The molecule has 1 atom stereocenters. The van der Waals surface area contributed by atoms with Gasteiger partial charge in [0.2, 0.25) is 5.91 Å². The molecule has 0 heterocycles. The molecule has 0 aliphatic rings. The number of hydrogen-bond donors (Lipinski definition) is 3. The lowest BCUT2D eigenvalue weighted by molar-refractivity contribution is -0.120. The Morgan fingerprint density at radius 3 is 2.38 bits per heavy atom. The number of amides is 1. The molecule has 0 saturated carbocycles. The zero-order valence-electron chi connectivity index (χ0n) is 23.4. The van der Waals surface area contributed by atoms with Crippen molar-refractivity contribution in [1.29, 1.82) is 0 Å². The third-order valence-electron chi connectivity index (χ3n) is 6.33. The molecule has 0 bridgehead atoms. The van der Waals surface area contributed by atoms with Crippen LogP contribution in [0.4, 0.5) is 0 Å². The van der Waals surface area contributed by atoms with Crippen LogP contribution in [0.25, 0.3) is 0 Å². The molecule has 0 saturated heterocycles. The van der Waals surface area contributed by atoms with E-state index in [9.17, 15) is 9.90 Å². The Morgan fingerprint density at radius 2 is 1.68 bits per heavy atom. The summed E-state index contributed by atoms with van der Waals surface area (Å²) in [4.78, 5) is 12.3. The van der Waals surface area contributed by atoms with Crippen molar-refractivity contribution < 1.29 is 19.4 Å². The van der Waals surface area contributed by atoms with Crippen molar-refractivity contribution in [2.24, 2.45) is 0 Å². The van der Waals surface area contributed by atoms with Crippen LogP contribution in [0.5, 0.6) is 5.75 Å². The monoisotopic (exact) mass is 512 g/mol. The molecule has 0 fully saturated rings. The SMILES string of the molecule is CCCCCOCc1cc(C(O)CNC(C)(C)CNC(=O)Cc2ccccc2)ccc1OCCCCC. The average Bonchev–Trinajstić information content (AvgIpc) is 2.89. The van der Waals surface area contributed by atoms with Gasteiger partial charge in [-0.1, -0.05) is 75.9 Å². The third-order valence-corrected chi connectivity index (χ3v) is 6.33. The summed E-state index contributed by atoms with van der Waals surface area (Å²) in [6.07, 6.45) is 6.37. The first-order valence-electron chi connectivity index (χ1n) is 13.9. The normalized spacial score (nSPS) is 12.4. The van der Waals surface area contributed by atoms with E-state index < -0.39 is 6.10 Å². The molecule has 0 spiro atoms. The predicted molar refractivity (Wildman–Crippen MR) is 151 cm³/mol. The molecule has 3 N–H and O–H groups in total. The molecule has 206 valence electrons. The van der Waals surface area contributed by atoms with Crippen LogP contribution < -0.4 is 15.4 Å². The number of aliphatic hydroxyl groups excluding tert-OH is 1. The van der Waals surface area contributed by atoms with Crippen LogP contribution >= 0.6 is 0 Å². The summed E-state index contributed by atoms with van der Waals surface area (Å²) in [5, 5.41) is 17.3. The highest BCUT2D eigenvalue weighted by molar-refractivity contribution is 5.78. The quantitative estimate of drug-likeness (QED) is 0.210. The summed E-state index contributed by atoms with van der Waals surface area (Å²) in [5.74, 6) is 0.816. The van der Waals surface area contributed by atoms with Gasteiger partial charge in [-0.25, -0.2) is 0 Å². The van der Waals surface area contributed by atoms with Crippen molar-refractivity contribution in [3.63, 3.8) is 0 Å². The van der Waals surface area contributed by atoms with E-state index in [1.54, 1.807) is 0 Å². The molecule has 2 aromatic carbocycles. The highest BCUT2D eigenvalue weighted by Crippen LogP contribution is 2.25. The van der Waals surface area contributed by atoms with Crippen molar-refractivity contribution in [3.05, 3.63) is 65.2 Å². The number of β-amino-alcohol motifs (C(OH)–C–C–N with tert-alkyl or cyclic N) is 1. The molecule has 1 unspecified atom stereocenters. The van der Waals surface area contributed by atoms with E-state index in [1.165, 1.54) is 0 Å². The number of nitrogens with one attached hydrogen (secondary N) is 2. The largest absolute Gasteiger partial charge is 0.493 e. The Morgan fingerprint density at radius 1 is 0.973 bits per heavy atom. The lowest BCUT2D eigenvalue weighted by Crippen LogP contribution is -2.50. The first kappa shape index (κ1) is 30.8. The van der Waals surface area contributed by atoms with E-state index >= 15 is 0 Å². The zero-order chi connectivity index (χ0) is 26.9. The Kier molecular flexibility index (Phi) is 14.3. The maximum atomic E-state index is 12.3. The van der Waals surface area contributed by atoms with Gasteiger partial charge >= 0.3 is 0 Å². The van der Waals surface area contributed by atoms with Gasteiger partial charge in [-0.15, -0.1) is 0 Å². The van der Waals surface area contributed by atoms with Crippen LogP contribution in [-0.2, 0) is 22.6 Å². The van der Waals surface area contributed by atoms with Gasteiger partial charge in [-0.3, -0.25) is 4.79 Å². The van der Waals surface area contributed by atoms with Gasteiger partial charge in [0.25, 0.3) is 0 Å². The summed E-state index contributed by atoms with van der Waals surface area (Å²) in [5.41, 5.74) is 2.41. The van der Waals surface area contributed by atoms with Gasteiger partial charge in [0.05, 0.1) is 25.7 Å². The lowest BCUT2D eigenvalue weighted by atomic mass is 10.0. The Hall–Kier alpha value is -2.41. The molecular formula is C31H48N2O4. The van der Waals surface area contributed by atoms with Crippen molar-refractivity contribution in [3.8, 4) is 5.75 Å². The number of benzene rings is 2. The van der Waals surface area contributed by atoms with E-state index in [1.807, 2.05) is 62.4 Å². The number of hydrogen-bond acceptors (Lipinski definition) is 5. The number of carbonyl (C=O) groups is 1. The molecule has 6 nitrogen and oxygen atoms in total. The van der Waals surface area contributed by atoms with Crippen molar-refractivity contribution in [2.75, 3.05) is 26.3 Å². The number of carbonyl (C=O) groups excluding carboxylic acids is 1. The highest BCUT2D eigenvalue weighted by atomic mass is 16.5. The number of aliphatic hydroxyl groups is 1. The fourth-order valence-electron chi connectivity index (χ4n) is 3.95. The minimum atomic E-state index is -0.688. The summed E-state index contributed by atoms with van der Waals surface area (Å²) >= 11 is 0. The maximum absolute atomic E-state index is 12.3. The van der Waals surface area contributed by atoms with Crippen LogP contribution in [0.3, 0.4) is 0 Å². The van der Waals surface area contributed by atoms with Crippen molar-refractivity contribution in [2.45, 2.75) is 90.9 Å². The van der Waals surface area contributed by atoms with Crippen LogP contribution in [-0.4, -0.2) is 42.9 Å². The third kappa shape index (κ3) is 12.6. The van der Waals surface area contributed by atoms with E-state index in [0.717, 1.165) is 67.6 Å². The van der Waals surface area contributed by atoms with E-state index in [0.29, 0.717) is 32.7 Å². The van der Waals surface area contributed by atoms with Crippen LogP contribution in [0.2, 0.25) is 0 Å². The minimum Gasteiger partial charge on any atom is -0.493 e. The summed E-state index contributed by atoms with van der Waals surface area (Å²) in [6, 6.07) is 15.6. The first-order valence-corrected chi connectivity index (χ1v) is 13.9. The Labute approximate surface area is 224 Å². The average molecular weight is 513 g/mol. The van der Waals surface area contributed by atoms with E-state index in [-0.39, 0.29) is 11.4 Å². The summed E-state index contributed by atoms with van der Waals surface area (Å²) in [6.45, 7) is 11.1. The van der Waals surface area contributed by atoms with Crippen molar-refractivity contribution >= 4 is 5.91 Å². The predicted octanol–water partition coefficient (Wildman–Crippen LogP) is 5.72. The second kappa shape index (κ2) is 17.2. The van der Waals surface area contributed by atoms with Crippen molar-refractivity contribution in [1.82, 2.24) is 10.6 Å². The highest BCUT2D eigenvalue weighted by Gasteiger charge is 2.21. The Bertz CT molecular complexity index is 901. The first-order chi connectivity index (χ1) is 17.8. The van der Waals surface area contributed by atoms with Gasteiger partial charge < -0.3 is 25.2 Å². The molecule has 37 heavy (non-hydrogen) atoms. The summed E-state index contributed by atoms with van der Waals surface area (Å²) in [7, 11) is 0. The van der Waals surface area contributed by atoms with Gasteiger partial charge in [0, 0.05) is 30.8 Å². The molecule has 6 heteroatoms. The second-order valence-corrected chi connectivity index (χ2v) is 10.4. The lowest BCUT2D eigenvalue weighted by Gasteiger charge is -2.28. The van der Waals surface area contributed by atoms with Crippen LogP contribution in [0.1, 0.15) is 89.0 Å². The second-order valence-electron chi connectivity index (χ2n) is 10.4. The standard InChI is InChI=1S/C31H48N2O4/c1-5-7-12-18-36-23-27-21-26(16-17-29(27)37-19-13-8-6-2)28(34)22-33-31(3,4)24-32-30(35)20-25-14-10-9-11-15-25/h9-11,14-17,21,28,33-34H,5-8,12-13,18-20,22-24H2,1-4H3,(H,32,35). The Balaban J connectivity index is 1.90. The molecule has 1 amide bonds. The molecule has 0 aromatic heterocycles. The van der Waals surface area contributed by atoms with E-state index in [2.05, 4.69) is 24.5 Å². The maximum Gasteiger partial charge on any atom is 0.224 e. The molecular weight excluding hydrogens is 464 g/mol. The topological polar surface area (TPSA) is 79.8 Å². The molecule has 2 rings (SSSR count). The fourth-order valence-corrected chi connectivity index (χ4v) is 3.95. The molecule has 0 aliphatic heterocycles. The molecule has 0 aliphatic carbocycles. The zero-order valence-corrected chi connectivity index (χ0v) is 23.4. The van der Waals surface area contributed by atoms with Crippen LogP contribution in [0.15, 0.2) is 48.5 Å². The van der Waals surface area contributed by atoms with Gasteiger partial charge in [-0.05, 0) is 49.9 Å². The van der Waals surface area contributed by atoms with Gasteiger partial charge in [-0.2, -0.15) is 0 Å². The minimum absolute atomic E-state index is 0.0141.